The van der Waals surface area contributed by atoms with E-state index in [2.05, 4.69) is 33.5 Å². The Kier molecular flexibility index (Phi) is 5.84. The molecule has 2 aliphatic rings. The first kappa shape index (κ1) is 18.7. The van der Waals surface area contributed by atoms with E-state index in [1.54, 1.807) is 0 Å². The Bertz CT molecular complexity index is 666. The maximum atomic E-state index is 12.3. The Morgan fingerprint density at radius 2 is 2.15 bits per heavy atom. The number of hydrogen-bond acceptors (Lipinski definition) is 2. The number of likely N-dealkylation sites (tertiary alicyclic amines) is 1. The normalized spacial score (nSPS) is 20.0. The highest BCUT2D eigenvalue weighted by atomic mass is 16.1. The summed E-state index contributed by atoms with van der Waals surface area (Å²) in [6, 6.07) is 8.03. The first-order chi connectivity index (χ1) is 12.5. The molecule has 1 aliphatic carbocycles. The van der Waals surface area contributed by atoms with Gasteiger partial charge in [0, 0.05) is 38.3 Å². The van der Waals surface area contributed by atoms with Crippen LogP contribution in [-0.4, -0.2) is 42.9 Å². The third-order valence-electron chi connectivity index (χ3n) is 5.99. The van der Waals surface area contributed by atoms with Crippen LogP contribution >= 0.6 is 0 Å². The van der Waals surface area contributed by atoms with Gasteiger partial charge in [0.05, 0.1) is 0 Å². The molecular weight excluding hydrogens is 324 g/mol. The van der Waals surface area contributed by atoms with Gasteiger partial charge in [-0.05, 0) is 55.7 Å². The number of aliphatic imine (C=N–C) groups is 1. The van der Waals surface area contributed by atoms with Gasteiger partial charge in [-0.1, -0.05) is 25.5 Å². The molecule has 1 atom stereocenters. The summed E-state index contributed by atoms with van der Waals surface area (Å²) in [4.78, 5) is 19.2. The second-order valence-electron chi connectivity index (χ2n) is 7.91. The monoisotopic (exact) mass is 356 g/mol. The van der Waals surface area contributed by atoms with Gasteiger partial charge in [-0.2, -0.15) is 0 Å². The van der Waals surface area contributed by atoms with Gasteiger partial charge in [0.1, 0.15) is 0 Å². The summed E-state index contributed by atoms with van der Waals surface area (Å²) >= 11 is 0. The summed E-state index contributed by atoms with van der Waals surface area (Å²) in [7, 11) is 1.85. The van der Waals surface area contributed by atoms with Gasteiger partial charge < -0.3 is 15.5 Å². The summed E-state index contributed by atoms with van der Waals surface area (Å²) in [5, 5.41) is 6.50. The predicted octanol–water partition coefficient (Wildman–Crippen LogP) is 3.17. The molecule has 1 heterocycles. The van der Waals surface area contributed by atoms with Crippen molar-refractivity contribution in [1.29, 1.82) is 0 Å². The number of carbonyl (C=O) groups excluding carboxylic acids is 1. The third kappa shape index (κ3) is 4.19. The molecule has 1 saturated heterocycles. The number of nitrogens with one attached hydrogen (secondary N) is 2. The van der Waals surface area contributed by atoms with Crippen molar-refractivity contribution < 1.29 is 4.79 Å². The summed E-state index contributed by atoms with van der Waals surface area (Å²) < 4.78 is 0. The summed E-state index contributed by atoms with van der Waals surface area (Å²) in [6.45, 7) is 7.00. The topological polar surface area (TPSA) is 56.7 Å². The fourth-order valence-corrected chi connectivity index (χ4v) is 3.95. The average Bonchev–Trinajstić information content (AvgIpc) is 3.08. The Labute approximate surface area is 157 Å². The van der Waals surface area contributed by atoms with E-state index in [-0.39, 0.29) is 11.9 Å². The van der Waals surface area contributed by atoms with Crippen LogP contribution in [0, 0.1) is 5.41 Å². The van der Waals surface area contributed by atoms with Crippen LogP contribution in [0.5, 0.6) is 0 Å². The molecule has 26 heavy (non-hydrogen) atoms. The van der Waals surface area contributed by atoms with Crippen LogP contribution in [-0.2, 0) is 6.54 Å². The Hall–Kier alpha value is -2.04. The molecule has 142 valence electrons. The van der Waals surface area contributed by atoms with E-state index in [9.17, 15) is 4.79 Å². The first-order valence-electron chi connectivity index (χ1n) is 9.91. The number of amides is 1. The fourth-order valence-electron chi connectivity index (χ4n) is 3.95. The highest BCUT2D eigenvalue weighted by molar-refractivity contribution is 5.94. The lowest BCUT2D eigenvalue weighted by molar-refractivity contribution is 0.0939. The molecule has 1 aliphatic heterocycles. The lowest BCUT2D eigenvalue weighted by atomic mass is 9.68. The van der Waals surface area contributed by atoms with Gasteiger partial charge in [-0.25, -0.2) is 0 Å². The zero-order chi connectivity index (χ0) is 18.6. The molecule has 2 N–H and O–H groups in total. The molecule has 2 fully saturated rings. The van der Waals surface area contributed by atoms with E-state index in [0.717, 1.165) is 31.0 Å². The number of hydrogen-bond donors (Lipinski definition) is 2. The van der Waals surface area contributed by atoms with Crippen molar-refractivity contribution in [3.8, 4) is 0 Å². The minimum absolute atomic E-state index is 0.00273. The van der Waals surface area contributed by atoms with E-state index in [1.807, 2.05) is 32.2 Å². The maximum absolute atomic E-state index is 12.3. The van der Waals surface area contributed by atoms with Crippen LogP contribution in [0.15, 0.2) is 29.3 Å². The minimum Gasteiger partial charge on any atom is -0.352 e. The molecule has 3 rings (SSSR count). The van der Waals surface area contributed by atoms with E-state index >= 15 is 0 Å². The average molecular weight is 357 g/mol. The Morgan fingerprint density at radius 1 is 1.35 bits per heavy atom. The highest BCUT2D eigenvalue weighted by Gasteiger charge is 2.43. The van der Waals surface area contributed by atoms with E-state index < -0.39 is 0 Å². The number of guanidine groups is 1. The smallest absolute Gasteiger partial charge is 0.251 e. The van der Waals surface area contributed by atoms with Crippen molar-refractivity contribution in [3.05, 3.63) is 35.4 Å². The van der Waals surface area contributed by atoms with Gasteiger partial charge in [0.15, 0.2) is 5.96 Å². The molecule has 1 saturated carbocycles. The lowest BCUT2D eigenvalue weighted by Crippen LogP contribution is -2.42. The fraction of sp³-hybridized carbons (Fsp3) is 0.619. The van der Waals surface area contributed by atoms with Crippen molar-refractivity contribution in [3.63, 3.8) is 0 Å². The second kappa shape index (κ2) is 8.11. The molecule has 1 amide bonds. The van der Waals surface area contributed by atoms with Gasteiger partial charge >= 0.3 is 0 Å². The second-order valence-corrected chi connectivity index (χ2v) is 7.91. The molecular formula is C21H32N4O. The SMILES string of the molecule is CCC(C)NC(=O)c1cccc(CNC(=NC)N2CCC3(CCC3)C2)c1. The molecule has 0 aromatic heterocycles. The lowest BCUT2D eigenvalue weighted by Gasteiger charge is -2.38. The molecule has 5 nitrogen and oxygen atoms in total. The Morgan fingerprint density at radius 3 is 2.77 bits per heavy atom. The van der Waals surface area contributed by atoms with Crippen LogP contribution in [0.2, 0.25) is 0 Å². The maximum Gasteiger partial charge on any atom is 0.251 e. The molecule has 1 aromatic carbocycles. The van der Waals surface area contributed by atoms with E-state index in [1.165, 1.54) is 25.7 Å². The number of rotatable bonds is 5. The van der Waals surface area contributed by atoms with E-state index in [0.29, 0.717) is 17.5 Å². The van der Waals surface area contributed by atoms with Gasteiger partial charge in [0.2, 0.25) is 0 Å². The van der Waals surface area contributed by atoms with Crippen LogP contribution in [0.1, 0.15) is 61.9 Å². The van der Waals surface area contributed by atoms with Crippen LogP contribution in [0.4, 0.5) is 0 Å². The van der Waals surface area contributed by atoms with Crippen molar-refractivity contribution in [2.75, 3.05) is 20.1 Å². The van der Waals surface area contributed by atoms with Crippen molar-refractivity contribution in [2.24, 2.45) is 10.4 Å². The van der Waals surface area contributed by atoms with Gasteiger partial charge in [-0.15, -0.1) is 0 Å². The number of carbonyl (C=O) groups is 1. The largest absolute Gasteiger partial charge is 0.352 e. The van der Waals surface area contributed by atoms with Crippen LogP contribution in [0.3, 0.4) is 0 Å². The molecule has 5 heteroatoms. The van der Waals surface area contributed by atoms with Gasteiger partial charge in [0.25, 0.3) is 5.91 Å². The van der Waals surface area contributed by atoms with Crippen molar-refractivity contribution in [2.45, 2.75) is 58.5 Å². The molecule has 1 aromatic rings. The molecule has 0 bridgehead atoms. The summed E-state index contributed by atoms with van der Waals surface area (Å²) in [6.07, 6.45) is 6.34. The minimum atomic E-state index is -0.00273. The van der Waals surface area contributed by atoms with Crippen molar-refractivity contribution in [1.82, 2.24) is 15.5 Å². The summed E-state index contributed by atoms with van der Waals surface area (Å²) in [5.41, 5.74) is 2.38. The standard InChI is InChI=1S/C21H32N4O/c1-4-16(2)24-19(26)18-8-5-7-17(13-18)14-23-20(22-3)25-12-11-21(15-25)9-6-10-21/h5,7-8,13,16H,4,6,9-12,14-15H2,1-3H3,(H,22,23)(H,24,26). The predicted molar refractivity (Wildman–Crippen MR) is 106 cm³/mol. The number of nitrogens with zero attached hydrogens (tertiary/aromatic N) is 2. The van der Waals surface area contributed by atoms with Gasteiger partial charge in [-0.3, -0.25) is 9.79 Å². The molecule has 0 radical (unpaired) electrons. The zero-order valence-electron chi connectivity index (χ0n) is 16.3. The van der Waals surface area contributed by atoms with E-state index in [4.69, 9.17) is 0 Å². The zero-order valence-corrected chi connectivity index (χ0v) is 16.3. The highest BCUT2D eigenvalue weighted by Crippen LogP contribution is 2.47. The summed E-state index contributed by atoms with van der Waals surface area (Å²) in [5.74, 6) is 0.972. The number of benzene rings is 1. The first-order valence-corrected chi connectivity index (χ1v) is 9.91. The van der Waals surface area contributed by atoms with Crippen LogP contribution < -0.4 is 10.6 Å². The quantitative estimate of drug-likeness (QED) is 0.629. The van der Waals surface area contributed by atoms with Crippen LogP contribution in [0.25, 0.3) is 0 Å². The molecule has 1 spiro atoms. The Balaban J connectivity index is 1.57. The third-order valence-corrected chi connectivity index (χ3v) is 5.99. The van der Waals surface area contributed by atoms with Crippen molar-refractivity contribution >= 4 is 11.9 Å². The molecule has 1 unspecified atom stereocenters.